The quantitative estimate of drug-likeness (QED) is 0.494. The standard InChI is InChI=1S/C4H7ClN2/c1-2-3-6-4-7-5/h2-3H2,1H3. The van der Waals surface area contributed by atoms with E-state index >= 15 is 0 Å². The molecule has 0 spiro atoms. The van der Waals surface area contributed by atoms with Gasteiger partial charge in [-0.2, -0.15) is 0 Å². The summed E-state index contributed by atoms with van der Waals surface area (Å²) in [6, 6.07) is 2.26. The lowest BCUT2D eigenvalue weighted by Gasteiger charge is -1.73. The summed E-state index contributed by atoms with van der Waals surface area (Å²) in [7, 11) is 0. The molecule has 0 radical (unpaired) electrons. The predicted octanol–water partition coefficient (Wildman–Crippen LogP) is 1.72. The molecule has 3 heteroatoms. The first-order valence-electron chi connectivity index (χ1n) is 2.14. The molecule has 7 heavy (non-hydrogen) atoms. The van der Waals surface area contributed by atoms with E-state index in [-0.39, 0.29) is 0 Å². The molecule has 0 unspecified atom stereocenters. The highest BCUT2D eigenvalue weighted by Gasteiger charge is 1.66. The van der Waals surface area contributed by atoms with Crippen molar-refractivity contribution >= 4 is 17.8 Å². The lowest BCUT2D eigenvalue weighted by Crippen LogP contribution is -1.69. The van der Waals surface area contributed by atoms with Gasteiger partial charge in [-0.15, -0.1) is 4.51 Å². The van der Waals surface area contributed by atoms with Crippen molar-refractivity contribution in [3.05, 3.63) is 0 Å². The van der Waals surface area contributed by atoms with Crippen molar-refractivity contribution in [2.45, 2.75) is 13.3 Å². The molecule has 0 aromatic heterocycles. The molecule has 0 heterocycles. The Labute approximate surface area is 48.0 Å². The molecule has 0 aliphatic rings. The highest BCUT2D eigenvalue weighted by atomic mass is 35.5. The van der Waals surface area contributed by atoms with Crippen molar-refractivity contribution in [3.63, 3.8) is 0 Å². The zero-order chi connectivity index (χ0) is 5.54. The number of nitrogens with zero attached hydrogens (tertiary/aromatic N) is 2. The number of rotatable bonds is 2. The van der Waals surface area contributed by atoms with Crippen molar-refractivity contribution in [1.29, 1.82) is 0 Å². The van der Waals surface area contributed by atoms with Crippen molar-refractivity contribution < 1.29 is 0 Å². The first kappa shape index (κ1) is 6.67. The minimum atomic E-state index is 0.760. The minimum absolute atomic E-state index is 0.760. The molecule has 0 atom stereocenters. The average molecular weight is 119 g/mol. The fourth-order valence-corrected chi connectivity index (χ4v) is 0.242. The van der Waals surface area contributed by atoms with Crippen LogP contribution in [0.2, 0.25) is 0 Å². The SMILES string of the molecule is CCCN=C=NCl. The lowest BCUT2D eigenvalue weighted by atomic mass is 10.5. The first-order chi connectivity index (χ1) is 3.41. The second-order valence-electron chi connectivity index (χ2n) is 1.07. The van der Waals surface area contributed by atoms with Gasteiger partial charge in [-0.25, -0.2) is 4.99 Å². The van der Waals surface area contributed by atoms with Gasteiger partial charge in [0.25, 0.3) is 0 Å². The molecule has 0 bridgehead atoms. The maximum atomic E-state index is 4.86. The van der Waals surface area contributed by atoms with Crippen LogP contribution in [0.25, 0.3) is 0 Å². The molecule has 0 aliphatic heterocycles. The van der Waals surface area contributed by atoms with E-state index in [0.717, 1.165) is 13.0 Å². The second kappa shape index (κ2) is 5.67. The third kappa shape index (κ3) is 5.67. The fourth-order valence-electron chi connectivity index (χ4n) is 0.189. The molecular formula is C4H7ClN2. The molecule has 2 nitrogen and oxygen atoms in total. The van der Waals surface area contributed by atoms with Crippen LogP contribution in [-0.4, -0.2) is 12.6 Å². The van der Waals surface area contributed by atoms with Crippen molar-refractivity contribution in [2.75, 3.05) is 6.54 Å². The van der Waals surface area contributed by atoms with Crippen LogP contribution in [-0.2, 0) is 0 Å². The van der Waals surface area contributed by atoms with E-state index in [1.54, 1.807) is 0 Å². The van der Waals surface area contributed by atoms with Crippen LogP contribution in [0.1, 0.15) is 13.3 Å². The summed E-state index contributed by atoms with van der Waals surface area (Å²) in [5, 5.41) is 0. The summed E-state index contributed by atoms with van der Waals surface area (Å²) in [5.41, 5.74) is 0. The van der Waals surface area contributed by atoms with Gasteiger partial charge in [-0.1, -0.05) is 6.92 Å². The predicted molar refractivity (Wildman–Crippen MR) is 30.9 cm³/mol. The maximum Gasteiger partial charge on any atom is 0.108 e. The number of hydrogen-bond donors (Lipinski definition) is 0. The molecule has 0 saturated carbocycles. The summed E-state index contributed by atoms with van der Waals surface area (Å²) < 4.78 is 3.03. The Morgan fingerprint density at radius 3 is 2.86 bits per heavy atom. The summed E-state index contributed by atoms with van der Waals surface area (Å²) in [6.45, 7) is 2.79. The van der Waals surface area contributed by atoms with Crippen LogP contribution in [0.3, 0.4) is 0 Å². The molecule has 0 amide bonds. The van der Waals surface area contributed by atoms with E-state index in [9.17, 15) is 0 Å². The molecule has 0 rings (SSSR count). The van der Waals surface area contributed by atoms with E-state index in [2.05, 4.69) is 15.5 Å². The van der Waals surface area contributed by atoms with E-state index in [4.69, 9.17) is 11.8 Å². The molecule has 40 valence electrons. The second-order valence-corrected chi connectivity index (χ2v) is 1.24. The fraction of sp³-hybridized carbons (Fsp3) is 0.750. The summed E-state index contributed by atoms with van der Waals surface area (Å²) in [4.78, 5) is 3.66. The van der Waals surface area contributed by atoms with Gasteiger partial charge in [-0.05, 0) is 6.42 Å². The van der Waals surface area contributed by atoms with E-state index in [1.807, 2.05) is 6.92 Å². The number of halogens is 1. The van der Waals surface area contributed by atoms with Crippen LogP contribution >= 0.6 is 11.8 Å². The van der Waals surface area contributed by atoms with Crippen LogP contribution in [0.15, 0.2) is 9.50 Å². The Morgan fingerprint density at radius 1 is 1.71 bits per heavy atom. The average Bonchev–Trinajstić information content (AvgIpc) is 1.69. The first-order valence-corrected chi connectivity index (χ1v) is 2.48. The van der Waals surface area contributed by atoms with Crippen LogP contribution in [0.5, 0.6) is 0 Å². The number of hydrogen-bond acceptors (Lipinski definition) is 2. The Balaban J connectivity index is 3.10. The van der Waals surface area contributed by atoms with Crippen LogP contribution in [0.4, 0.5) is 0 Å². The van der Waals surface area contributed by atoms with Gasteiger partial charge >= 0.3 is 0 Å². The molecular weight excluding hydrogens is 112 g/mol. The van der Waals surface area contributed by atoms with Gasteiger partial charge in [-0.3, -0.25) is 0 Å². The molecule has 0 aromatic carbocycles. The Morgan fingerprint density at radius 2 is 2.43 bits per heavy atom. The van der Waals surface area contributed by atoms with Gasteiger partial charge in [0.05, 0.1) is 0 Å². The topological polar surface area (TPSA) is 24.7 Å². The summed E-state index contributed by atoms with van der Waals surface area (Å²) in [6.07, 6.45) is 1.01. The maximum absolute atomic E-state index is 4.86. The largest absolute Gasteiger partial charge is 0.225 e. The van der Waals surface area contributed by atoms with Crippen molar-refractivity contribution in [3.8, 4) is 0 Å². The molecule has 0 aliphatic carbocycles. The number of aliphatic imine (C=N–C) groups is 1. The van der Waals surface area contributed by atoms with Gasteiger partial charge in [0.15, 0.2) is 0 Å². The van der Waals surface area contributed by atoms with Gasteiger partial charge in [0.1, 0.15) is 6.01 Å². The van der Waals surface area contributed by atoms with Gasteiger partial charge in [0, 0.05) is 18.3 Å². The molecule has 0 N–H and O–H groups in total. The Hall–Kier alpha value is -0.330. The minimum Gasteiger partial charge on any atom is -0.225 e. The lowest BCUT2D eigenvalue weighted by molar-refractivity contribution is 0.938. The highest BCUT2D eigenvalue weighted by Crippen LogP contribution is 1.74. The zero-order valence-corrected chi connectivity index (χ0v) is 4.94. The third-order valence-electron chi connectivity index (χ3n) is 0.444. The van der Waals surface area contributed by atoms with Crippen LogP contribution in [0, 0.1) is 0 Å². The van der Waals surface area contributed by atoms with E-state index in [0.29, 0.717) is 0 Å². The van der Waals surface area contributed by atoms with E-state index in [1.165, 1.54) is 0 Å². The highest BCUT2D eigenvalue weighted by molar-refractivity contribution is 6.16. The van der Waals surface area contributed by atoms with E-state index < -0.39 is 0 Å². The molecule has 0 aromatic rings. The third-order valence-corrected chi connectivity index (χ3v) is 0.520. The van der Waals surface area contributed by atoms with Crippen LogP contribution < -0.4 is 0 Å². The monoisotopic (exact) mass is 118 g/mol. The molecule has 0 fully saturated rings. The van der Waals surface area contributed by atoms with Crippen molar-refractivity contribution in [2.24, 2.45) is 9.50 Å². The van der Waals surface area contributed by atoms with Gasteiger partial charge in [0.2, 0.25) is 0 Å². The van der Waals surface area contributed by atoms with Crippen molar-refractivity contribution in [1.82, 2.24) is 0 Å². The van der Waals surface area contributed by atoms with Gasteiger partial charge < -0.3 is 0 Å². The Bertz CT molecular complexity index is 83.7. The smallest absolute Gasteiger partial charge is 0.108 e. The Kier molecular flexibility index (Phi) is 5.40. The summed E-state index contributed by atoms with van der Waals surface area (Å²) in [5.74, 6) is 0. The summed E-state index contributed by atoms with van der Waals surface area (Å²) >= 11 is 4.86. The normalized spacial score (nSPS) is 7.14. The zero-order valence-electron chi connectivity index (χ0n) is 4.19. The molecule has 0 saturated heterocycles.